The first-order valence-electron chi connectivity index (χ1n) is 7.82. The van der Waals surface area contributed by atoms with E-state index >= 15 is 0 Å². The van der Waals surface area contributed by atoms with Gasteiger partial charge in [-0.1, -0.05) is 40.2 Å². The van der Waals surface area contributed by atoms with Crippen molar-refractivity contribution in [3.63, 3.8) is 0 Å². The van der Waals surface area contributed by atoms with Crippen LogP contribution in [0.25, 0.3) is 16.2 Å². The molecule has 0 bridgehead atoms. The Hall–Kier alpha value is -2.38. The smallest absolute Gasteiger partial charge is 0.214 e. The van der Waals surface area contributed by atoms with Gasteiger partial charge in [-0.15, -0.1) is 5.10 Å². The molecule has 8 heteroatoms. The van der Waals surface area contributed by atoms with Gasteiger partial charge in [-0.25, -0.2) is 9.50 Å². The van der Waals surface area contributed by atoms with E-state index in [0.29, 0.717) is 5.02 Å². The predicted molar refractivity (Wildman–Crippen MR) is 99.3 cm³/mol. The molecule has 0 aliphatic rings. The predicted octanol–water partition coefficient (Wildman–Crippen LogP) is 4.89. The minimum atomic E-state index is 0.0536. The first kappa shape index (κ1) is 16.1. The van der Waals surface area contributed by atoms with Gasteiger partial charge in [0.1, 0.15) is 5.76 Å². The molecule has 1 aromatic carbocycles. The minimum absolute atomic E-state index is 0.0536. The quantitative estimate of drug-likeness (QED) is 0.551. The Morgan fingerprint density at radius 3 is 2.64 bits per heavy atom. The Labute approximate surface area is 153 Å². The molecule has 6 nitrogen and oxygen atoms in total. The number of anilines is 1. The van der Waals surface area contributed by atoms with E-state index in [1.165, 1.54) is 11.3 Å². The second-order valence-electron chi connectivity index (χ2n) is 5.87. The number of halogens is 1. The molecule has 4 aromatic rings. The number of nitrogens with zero attached hydrogens (tertiary/aromatic N) is 4. The average molecular weight is 374 g/mol. The average Bonchev–Trinajstić information content (AvgIpc) is 3.21. The van der Waals surface area contributed by atoms with Gasteiger partial charge in [0, 0.05) is 16.1 Å². The molecule has 3 heterocycles. The van der Waals surface area contributed by atoms with Crippen LogP contribution in [0.5, 0.6) is 0 Å². The molecule has 1 N–H and O–H groups in total. The van der Waals surface area contributed by atoms with Gasteiger partial charge in [0.2, 0.25) is 10.1 Å². The van der Waals surface area contributed by atoms with Crippen LogP contribution in [0.15, 0.2) is 35.0 Å². The van der Waals surface area contributed by atoms with Gasteiger partial charge in [-0.3, -0.25) is 0 Å². The van der Waals surface area contributed by atoms with Crippen molar-refractivity contribution in [2.24, 2.45) is 0 Å². The number of aryl methyl sites for hydroxylation is 2. The van der Waals surface area contributed by atoms with E-state index in [2.05, 4.69) is 27.5 Å². The summed E-state index contributed by atoms with van der Waals surface area (Å²) in [5.74, 6) is 0.823. The number of hydrogen-bond acceptors (Lipinski definition) is 6. The van der Waals surface area contributed by atoms with Crippen molar-refractivity contribution in [2.75, 3.05) is 5.32 Å². The zero-order chi connectivity index (χ0) is 17.6. The summed E-state index contributed by atoms with van der Waals surface area (Å²) in [6.45, 7) is 5.92. The lowest BCUT2D eigenvalue weighted by molar-refractivity contribution is 0.392. The van der Waals surface area contributed by atoms with Crippen LogP contribution >= 0.6 is 22.9 Å². The van der Waals surface area contributed by atoms with Crippen LogP contribution in [0, 0.1) is 13.8 Å². The molecule has 0 aliphatic heterocycles. The third-order valence-electron chi connectivity index (χ3n) is 4.04. The minimum Gasteiger partial charge on any atom is -0.361 e. The normalized spacial score (nSPS) is 12.6. The number of rotatable bonds is 4. The fourth-order valence-corrected chi connectivity index (χ4v) is 3.88. The van der Waals surface area contributed by atoms with Crippen LogP contribution in [-0.2, 0) is 0 Å². The third-order valence-corrected chi connectivity index (χ3v) is 5.15. The summed E-state index contributed by atoms with van der Waals surface area (Å²) in [5.41, 5.74) is 3.85. The molecule has 128 valence electrons. The van der Waals surface area contributed by atoms with E-state index in [4.69, 9.17) is 16.1 Å². The van der Waals surface area contributed by atoms with Gasteiger partial charge < -0.3 is 9.84 Å². The fraction of sp³-hybridized carbons (Fsp3) is 0.235. The van der Waals surface area contributed by atoms with Crippen molar-refractivity contribution in [2.45, 2.75) is 26.8 Å². The highest BCUT2D eigenvalue weighted by Crippen LogP contribution is 2.29. The van der Waals surface area contributed by atoms with Crippen molar-refractivity contribution >= 4 is 33.0 Å². The fourth-order valence-electron chi connectivity index (χ4n) is 2.88. The first-order valence-corrected chi connectivity index (χ1v) is 9.02. The summed E-state index contributed by atoms with van der Waals surface area (Å²) in [6, 6.07) is 7.67. The molecular weight excluding hydrogens is 358 g/mol. The highest BCUT2D eigenvalue weighted by Gasteiger charge is 2.18. The summed E-state index contributed by atoms with van der Waals surface area (Å²) in [6.07, 6.45) is 1.92. The molecule has 0 saturated carbocycles. The van der Waals surface area contributed by atoms with Gasteiger partial charge in [0.25, 0.3) is 0 Å². The van der Waals surface area contributed by atoms with Gasteiger partial charge in [0.05, 0.1) is 23.6 Å². The maximum absolute atomic E-state index is 5.94. The molecule has 1 unspecified atom stereocenters. The standard InChI is InChI=1S/C17H16ClN5OS/c1-9(15-10(2)22-24-11(15)3)19-16-21-23-8-14(20-17(23)25-16)12-4-6-13(18)7-5-12/h4-9H,1-3H3,(H,19,21). The van der Waals surface area contributed by atoms with Crippen LogP contribution < -0.4 is 5.32 Å². The van der Waals surface area contributed by atoms with Gasteiger partial charge >= 0.3 is 0 Å². The topological polar surface area (TPSA) is 68.2 Å². The lowest BCUT2D eigenvalue weighted by Crippen LogP contribution is -2.08. The van der Waals surface area contributed by atoms with Crippen LogP contribution in [0.3, 0.4) is 0 Å². The molecule has 1 atom stereocenters. The Morgan fingerprint density at radius 2 is 2.00 bits per heavy atom. The van der Waals surface area contributed by atoms with Crippen molar-refractivity contribution < 1.29 is 4.52 Å². The molecule has 4 rings (SSSR count). The van der Waals surface area contributed by atoms with Gasteiger partial charge in [-0.05, 0) is 32.9 Å². The highest BCUT2D eigenvalue weighted by molar-refractivity contribution is 7.20. The summed E-state index contributed by atoms with van der Waals surface area (Å²) in [7, 11) is 0. The van der Waals surface area contributed by atoms with Crippen molar-refractivity contribution in [3.05, 3.63) is 52.5 Å². The van der Waals surface area contributed by atoms with E-state index in [9.17, 15) is 0 Å². The van der Waals surface area contributed by atoms with Crippen molar-refractivity contribution in [3.8, 4) is 11.3 Å². The third kappa shape index (κ3) is 3.01. The monoisotopic (exact) mass is 373 g/mol. The highest BCUT2D eigenvalue weighted by atomic mass is 35.5. The van der Waals surface area contributed by atoms with E-state index in [0.717, 1.165) is 38.4 Å². The van der Waals surface area contributed by atoms with Crippen LogP contribution in [0.2, 0.25) is 5.02 Å². The van der Waals surface area contributed by atoms with E-state index in [1.54, 1.807) is 4.52 Å². The molecule has 3 aromatic heterocycles. The van der Waals surface area contributed by atoms with Crippen LogP contribution in [0.4, 0.5) is 5.13 Å². The number of hydrogen-bond donors (Lipinski definition) is 1. The zero-order valence-electron chi connectivity index (χ0n) is 13.9. The molecular formula is C17H16ClN5OS. The number of fused-ring (bicyclic) bond motifs is 1. The number of imidazole rings is 1. The second kappa shape index (κ2) is 6.16. The first-order chi connectivity index (χ1) is 12.0. The molecule has 0 radical (unpaired) electrons. The molecule has 0 fully saturated rings. The van der Waals surface area contributed by atoms with E-state index in [1.807, 2.05) is 44.3 Å². The maximum atomic E-state index is 5.94. The van der Waals surface area contributed by atoms with Crippen molar-refractivity contribution in [1.29, 1.82) is 0 Å². The maximum Gasteiger partial charge on any atom is 0.214 e. The van der Waals surface area contributed by atoms with Gasteiger partial charge in [0.15, 0.2) is 0 Å². The summed E-state index contributed by atoms with van der Waals surface area (Å²) >= 11 is 7.44. The molecule has 0 aliphatic carbocycles. The number of nitrogens with one attached hydrogen (secondary N) is 1. The molecule has 0 saturated heterocycles. The van der Waals surface area contributed by atoms with Crippen molar-refractivity contribution in [1.82, 2.24) is 19.8 Å². The molecule has 0 amide bonds. The second-order valence-corrected chi connectivity index (χ2v) is 7.26. The van der Waals surface area contributed by atoms with E-state index < -0.39 is 0 Å². The van der Waals surface area contributed by atoms with E-state index in [-0.39, 0.29) is 6.04 Å². The van der Waals surface area contributed by atoms with Gasteiger partial charge in [-0.2, -0.15) is 0 Å². The Kier molecular flexibility index (Phi) is 3.97. The molecule has 0 spiro atoms. The Balaban J connectivity index is 1.58. The van der Waals surface area contributed by atoms with Crippen LogP contribution in [-0.4, -0.2) is 19.8 Å². The van der Waals surface area contributed by atoms with Crippen LogP contribution in [0.1, 0.15) is 30.0 Å². The number of aromatic nitrogens is 4. The Morgan fingerprint density at radius 1 is 1.24 bits per heavy atom. The summed E-state index contributed by atoms with van der Waals surface area (Å²) < 4.78 is 7.03. The zero-order valence-corrected chi connectivity index (χ0v) is 15.5. The lowest BCUT2D eigenvalue weighted by Gasteiger charge is -2.11. The SMILES string of the molecule is Cc1noc(C)c1C(C)Nc1nn2cc(-c3ccc(Cl)cc3)nc2s1. The lowest BCUT2D eigenvalue weighted by atomic mass is 10.1. The summed E-state index contributed by atoms with van der Waals surface area (Å²) in [5, 5.41) is 13.5. The number of benzene rings is 1. The summed E-state index contributed by atoms with van der Waals surface area (Å²) in [4.78, 5) is 5.48. The largest absolute Gasteiger partial charge is 0.361 e. The Bertz CT molecular complexity index is 982. The molecule has 25 heavy (non-hydrogen) atoms.